The van der Waals surface area contributed by atoms with Crippen LogP contribution < -0.4 is 10.6 Å². The molecular formula is C18H21N3O3S2. The molecule has 1 aliphatic heterocycles. The number of carbonyl (C=O) groups excluding carboxylic acids is 1. The standard InChI is InChI=1S/C18H21N3O3S2/c1-26(23,24)15-4-2-14(3-5-15)16(12-13-6-8-19-9-7-13)17(22)21-18-20-10-11-25-18/h2-5,10-13,19H,6-9H2,1H3,(H,20,21,22)/b16-12+. The molecule has 8 heteroatoms. The molecule has 3 rings (SSSR count). The SMILES string of the molecule is CS(=O)(=O)c1ccc(/C(=C\C2CCNCC2)C(=O)Nc2nccs2)cc1. The number of anilines is 1. The summed E-state index contributed by atoms with van der Waals surface area (Å²) in [5.41, 5.74) is 1.25. The molecule has 0 aliphatic carbocycles. The highest BCUT2D eigenvalue weighted by Crippen LogP contribution is 2.25. The molecule has 0 unspecified atom stereocenters. The van der Waals surface area contributed by atoms with Gasteiger partial charge in [-0.2, -0.15) is 0 Å². The van der Waals surface area contributed by atoms with Crippen molar-refractivity contribution in [2.75, 3.05) is 24.7 Å². The van der Waals surface area contributed by atoms with Crippen LogP contribution in [0.5, 0.6) is 0 Å². The molecule has 1 aromatic carbocycles. The fraction of sp³-hybridized carbons (Fsp3) is 0.333. The molecule has 2 N–H and O–H groups in total. The Morgan fingerprint density at radius 3 is 2.54 bits per heavy atom. The van der Waals surface area contributed by atoms with Crippen molar-refractivity contribution in [1.82, 2.24) is 10.3 Å². The molecule has 0 saturated carbocycles. The number of aromatic nitrogens is 1. The first-order valence-electron chi connectivity index (χ1n) is 8.37. The van der Waals surface area contributed by atoms with E-state index in [1.54, 1.807) is 23.7 Å². The Bertz CT molecular complexity index is 882. The summed E-state index contributed by atoms with van der Waals surface area (Å²) < 4.78 is 23.3. The van der Waals surface area contributed by atoms with Crippen molar-refractivity contribution >= 4 is 37.8 Å². The topological polar surface area (TPSA) is 88.2 Å². The van der Waals surface area contributed by atoms with Crippen molar-refractivity contribution in [2.45, 2.75) is 17.7 Å². The number of thiazole rings is 1. The number of nitrogens with one attached hydrogen (secondary N) is 2. The second-order valence-corrected chi connectivity index (χ2v) is 9.17. The molecule has 0 atom stereocenters. The Labute approximate surface area is 157 Å². The highest BCUT2D eigenvalue weighted by Gasteiger charge is 2.18. The zero-order chi connectivity index (χ0) is 18.6. The van der Waals surface area contributed by atoms with Gasteiger partial charge >= 0.3 is 0 Å². The largest absolute Gasteiger partial charge is 0.317 e. The Morgan fingerprint density at radius 1 is 1.27 bits per heavy atom. The van der Waals surface area contributed by atoms with Gasteiger partial charge in [0.05, 0.1) is 4.90 Å². The van der Waals surface area contributed by atoms with Gasteiger partial charge in [0, 0.05) is 23.4 Å². The van der Waals surface area contributed by atoms with Crippen molar-refractivity contribution in [1.29, 1.82) is 0 Å². The first-order chi connectivity index (χ1) is 12.4. The number of hydrogen-bond acceptors (Lipinski definition) is 6. The predicted octanol–water partition coefficient (Wildman–Crippen LogP) is 2.57. The number of benzene rings is 1. The van der Waals surface area contributed by atoms with Gasteiger partial charge in [-0.15, -0.1) is 11.3 Å². The summed E-state index contributed by atoms with van der Waals surface area (Å²) in [5, 5.41) is 8.47. The van der Waals surface area contributed by atoms with Crippen LogP contribution in [0.25, 0.3) is 5.57 Å². The predicted molar refractivity (Wildman–Crippen MR) is 104 cm³/mol. The molecule has 1 saturated heterocycles. The van der Waals surface area contributed by atoms with Crippen LogP contribution in [0.1, 0.15) is 18.4 Å². The maximum Gasteiger partial charge on any atom is 0.257 e. The second kappa shape index (κ2) is 8.11. The number of piperidine rings is 1. The Balaban J connectivity index is 1.91. The van der Waals surface area contributed by atoms with Crippen LogP contribution in [0.15, 0.2) is 46.8 Å². The molecule has 138 valence electrons. The van der Waals surface area contributed by atoms with Gasteiger partial charge in [0.2, 0.25) is 0 Å². The molecule has 26 heavy (non-hydrogen) atoms. The third-order valence-corrected chi connectivity index (χ3v) is 6.09. The number of amides is 1. The van der Waals surface area contributed by atoms with Gasteiger partial charge in [-0.1, -0.05) is 18.2 Å². The van der Waals surface area contributed by atoms with Crippen molar-refractivity contribution in [3.05, 3.63) is 47.5 Å². The summed E-state index contributed by atoms with van der Waals surface area (Å²) in [7, 11) is -3.27. The van der Waals surface area contributed by atoms with Gasteiger partial charge in [0.25, 0.3) is 5.91 Å². The summed E-state index contributed by atoms with van der Waals surface area (Å²) in [6, 6.07) is 6.45. The van der Waals surface area contributed by atoms with E-state index in [4.69, 9.17) is 0 Å². The zero-order valence-corrected chi connectivity index (χ0v) is 16.1. The van der Waals surface area contributed by atoms with Crippen LogP contribution in [0.2, 0.25) is 0 Å². The van der Waals surface area contributed by atoms with Crippen molar-refractivity contribution in [2.24, 2.45) is 5.92 Å². The molecule has 1 fully saturated rings. The lowest BCUT2D eigenvalue weighted by Crippen LogP contribution is -2.27. The van der Waals surface area contributed by atoms with Crippen LogP contribution in [0.4, 0.5) is 5.13 Å². The van der Waals surface area contributed by atoms with E-state index in [9.17, 15) is 13.2 Å². The quantitative estimate of drug-likeness (QED) is 0.765. The smallest absolute Gasteiger partial charge is 0.257 e. The van der Waals surface area contributed by atoms with E-state index in [1.165, 1.54) is 29.7 Å². The molecule has 6 nitrogen and oxygen atoms in total. The van der Waals surface area contributed by atoms with Crippen LogP contribution in [0, 0.1) is 5.92 Å². The van der Waals surface area contributed by atoms with Gasteiger partial charge in [-0.25, -0.2) is 13.4 Å². The van der Waals surface area contributed by atoms with Gasteiger partial charge in [0.15, 0.2) is 15.0 Å². The first-order valence-corrected chi connectivity index (χ1v) is 11.1. The van der Waals surface area contributed by atoms with Gasteiger partial charge in [-0.3, -0.25) is 10.1 Å². The van der Waals surface area contributed by atoms with Crippen molar-refractivity contribution < 1.29 is 13.2 Å². The minimum Gasteiger partial charge on any atom is -0.317 e. The van der Waals surface area contributed by atoms with Crippen LogP contribution in [0.3, 0.4) is 0 Å². The Kier molecular flexibility index (Phi) is 5.85. The van der Waals surface area contributed by atoms with E-state index in [-0.39, 0.29) is 10.8 Å². The normalized spacial score (nSPS) is 16.4. The second-order valence-electron chi connectivity index (χ2n) is 6.26. The summed E-state index contributed by atoms with van der Waals surface area (Å²) in [5.74, 6) is 0.0773. The van der Waals surface area contributed by atoms with Gasteiger partial charge in [0.1, 0.15) is 0 Å². The van der Waals surface area contributed by atoms with E-state index >= 15 is 0 Å². The number of sulfone groups is 1. The molecule has 2 heterocycles. The number of allylic oxidation sites excluding steroid dienone is 1. The Hall–Kier alpha value is -2.03. The number of hydrogen-bond donors (Lipinski definition) is 2. The molecule has 2 aromatic rings. The number of rotatable bonds is 5. The van der Waals surface area contributed by atoms with E-state index in [2.05, 4.69) is 15.6 Å². The van der Waals surface area contributed by atoms with E-state index in [1.807, 2.05) is 6.08 Å². The zero-order valence-electron chi connectivity index (χ0n) is 14.4. The minimum atomic E-state index is -3.27. The summed E-state index contributed by atoms with van der Waals surface area (Å²) in [6.07, 6.45) is 6.74. The number of carbonyl (C=O) groups is 1. The maximum atomic E-state index is 12.8. The average molecular weight is 392 g/mol. The average Bonchev–Trinajstić information content (AvgIpc) is 3.13. The van der Waals surface area contributed by atoms with Crippen LogP contribution >= 0.6 is 11.3 Å². The van der Waals surface area contributed by atoms with Crippen molar-refractivity contribution in [3.8, 4) is 0 Å². The lowest BCUT2D eigenvalue weighted by atomic mass is 9.92. The van der Waals surface area contributed by atoms with E-state index < -0.39 is 9.84 Å². The van der Waals surface area contributed by atoms with E-state index in [0.29, 0.717) is 22.2 Å². The van der Waals surface area contributed by atoms with Crippen LogP contribution in [-0.4, -0.2) is 38.7 Å². The highest BCUT2D eigenvalue weighted by atomic mass is 32.2. The van der Waals surface area contributed by atoms with Crippen molar-refractivity contribution in [3.63, 3.8) is 0 Å². The fourth-order valence-corrected chi connectivity index (χ4v) is 4.04. The summed E-state index contributed by atoms with van der Waals surface area (Å²) in [4.78, 5) is 17.2. The molecule has 1 aromatic heterocycles. The third kappa shape index (κ3) is 4.78. The Morgan fingerprint density at radius 2 is 1.96 bits per heavy atom. The van der Waals surface area contributed by atoms with Crippen LogP contribution in [-0.2, 0) is 14.6 Å². The summed E-state index contributed by atoms with van der Waals surface area (Å²) >= 11 is 1.36. The van der Waals surface area contributed by atoms with E-state index in [0.717, 1.165) is 25.9 Å². The summed E-state index contributed by atoms with van der Waals surface area (Å²) in [6.45, 7) is 1.85. The maximum absolute atomic E-state index is 12.8. The molecule has 1 amide bonds. The van der Waals surface area contributed by atoms with Gasteiger partial charge < -0.3 is 5.32 Å². The number of nitrogens with zero attached hydrogens (tertiary/aromatic N) is 1. The lowest BCUT2D eigenvalue weighted by Gasteiger charge is -2.21. The first kappa shape index (κ1) is 18.8. The minimum absolute atomic E-state index is 0.231. The monoisotopic (exact) mass is 391 g/mol. The molecular weight excluding hydrogens is 370 g/mol. The lowest BCUT2D eigenvalue weighted by molar-refractivity contribution is -0.111. The molecule has 0 spiro atoms. The fourth-order valence-electron chi connectivity index (χ4n) is 2.88. The third-order valence-electron chi connectivity index (χ3n) is 4.28. The van der Waals surface area contributed by atoms with Gasteiger partial charge in [-0.05, 0) is 49.5 Å². The molecule has 0 bridgehead atoms. The highest BCUT2D eigenvalue weighted by molar-refractivity contribution is 7.90. The molecule has 1 aliphatic rings. The molecule has 0 radical (unpaired) electrons.